The first-order valence-electron chi connectivity index (χ1n) is 9.07. The van der Waals surface area contributed by atoms with Gasteiger partial charge >= 0.3 is 0 Å². The summed E-state index contributed by atoms with van der Waals surface area (Å²) in [6.45, 7) is 8.89. The van der Waals surface area contributed by atoms with Gasteiger partial charge in [0.05, 0.1) is 5.39 Å². The summed E-state index contributed by atoms with van der Waals surface area (Å²) in [4.78, 5) is 14.8. The average molecular weight is 351 g/mol. The molecule has 1 heterocycles. The van der Waals surface area contributed by atoms with Crippen LogP contribution in [-0.2, 0) is 0 Å². The number of aromatic nitrogens is 1. The summed E-state index contributed by atoms with van der Waals surface area (Å²) in [5, 5.41) is 7.95. The first-order chi connectivity index (χ1) is 12.6. The van der Waals surface area contributed by atoms with Crippen LogP contribution >= 0.6 is 0 Å². The Morgan fingerprint density at radius 2 is 1.96 bits per heavy atom. The van der Waals surface area contributed by atoms with Crippen molar-refractivity contribution in [3.8, 4) is 11.3 Å². The highest BCUT2D eigenvalue weighted by molar-refractivity contribution is 6.00. The number of carbonyl (C=O) groups is 1. The van der Waals surface area contributed by atoms with Crippen LogP contribution in [0.25, 0.3) is 22.2 Å². The Morgan fingerprint density at radius 1 is 1.19 bits per heavy atom. The van der Waals surface area contributed by atoms with Crippen molar-refractivity contribution in [1.82, 2.24) is 15.4 Å². The zero-order valence-electron chi connectivity index (χ0n) is 15.5. The summed E-state index contributed by atoms with van der Waals surface area (Å²) in [5.41, 5.74) is 2.31. The zero-order chi connectivity index (χ0) is 18.5. The second kappa shape index (κ2) is 8.15. The fourth-order valence-corrected chi connectivity index (χ4v) is 3.08. The number of likely N-dealkylation sites (N-methyl/N-ethyl adjacent to an activating group) is 1. The van der Waals surface area contributed by atoms with Gasteiger partial charge in [-0.2, -0.15) is 0 Å². The third-order valence-electron chi connectivity index (χ3n) is 4.60. The van der Waals surface area contributed by atoms with E-state index in [0.29, 0.717) is 23.9 Å². The number of nitrogens with zero attached hydrogens (tertiary/aromatic N) is 2. The van der Waals surface area contributed by atoms with E-state index >= 15 is 0 Å². The van der Waals surface area contributed by atoms with Crippen LogP contribution in [0.5, 0.6) is 0 Å². The molecule has 2 aromatic carbocycles. The largest absolute Gasteiger partial charge is 0.355 e. The van der Waals surface area contributed by atoms with Crippen molar-refractivity contribution >= 4 is 16.8 Å². The zero-order valence-corrected chi connectivity index (χ0v) is 15.5. The minimum atomic E-state index is -0.0769. The highest BCUT2D eigenvalue weighted by Crippen LogP contribution is 2.29. The van der Waals surface area contributed by atoms with Gasteiger partial charge in [-0.1, -0.05) is 42.4 Å². The molecule has 0 fully saturated rings. The van der Waals surface area contributed by atoms with Gasteiger partial charge in [-0.3, -0.25) is 9.69 Å². The lowest BCUT2D eigenvalue weighted by Gasteiger charge is -2.24. The number of benzene rings is 2. The Balaban J connectivity index is 1.75. The number of carbonyl (C=O) groups excluding carboxylic acids is 1. The minimum absolute atomic E-state index is 0.0769. The molecule has 136 valence electrons. The quantitative estimate of drug-likeness (QED) is 0.700. The average Bonchev–Trinajstić information content (AvgIpc) is 3.08. The van der Waals surface area contributed by atoms with E-state index in [9.17, 15) is 4.79 Å². The standard InChI is InChI=1S/C21H25N3O2/c1-4-24(15(2)3)13-12-22-21(25)17-10-11-19-18(14-17)20(26-23-19)16-8-6-5-7-9-16/h5-11,14-15H,4,12-13H2,1-3H3,(H,22,25). The number of fused-ring (bicyclic) bond motifs is 1. The lowest BCUT2D eigenvalue weighted by atomic mass is 10.1. The molecular weight excluding hydrogens is 326 g/mol. The number of amides is 1. The van der Waals surface area contributed by atoms with Gasteiger partial charge in [0.25, 0.3) is 5.91 Å². The highest BCUT2D eigenvalue weighted by Gasteiger charge is 2.14. The van der Waals surface area contributed by atoms with Crippen LogP contribution in [0.2, 0.25) is 0 Å². The van der Waals surface area contributed by atoms with E-state index in [0.717, 1.165) is 29.6 Å². The maximum atomic E-state index is 12.5. The predicted octanol–water partition coefficient (Wildman–Crippen LogP) is 3.95. The van der Waals surface area contributed by atoms with Gasteiger partial charge in [0.15, 0.2) is 5.76 Å². The van der Waals surface area contributed by atoms with Crippen molar-refractivity contribution in [1.29, 1.82) is 0 Å². The van der Waals surface area contributed by atoms with E-state index in [2.05, 4.69) is 36.1 Å². The summed E-state index contributed by atoms with van der Waals surface area (Å²) in [6.07, 6.45) is 0. The minimum Gasteiger partial charge on any atom is -0.355 e. The van der Waals surface area contributed by atoms with E-state index < -0.39 is 0 Å². The molecule has 0 atom stereocenters. The summed E-state index contributed by atoms with van der Waals surface area (Å²) >= 11 is 0. The van der Waals surface area contributed by atoms with Crippen LogP contribution in [-0.4, -0.2) is 41.6 Å². The summed E-state index contributed by atoms with van der Waals surface area (Å²) in [5.74, 6) is 0.610. The molecule has 3 aromatic rings. The van der Waals surface area contributed by atoms with Crippen molar-refractivity contribution in [3.05, 3.63) is 54.1 Å². The number of hydrogen-bond acceptors (Lipinski definition) is 4. The molecule has 0 spiro atoms. The molecule has 0 aliphatic carbocycles. The SMILES string of the molecule is CCN(CCNC(=O)c1ccc2noc(-c3ccccc3)c2c1)C(C)C. The Labute approximate surface area is 154 Å². The van der Waals surface area contributed by atoms with Crippen LogP contribution in [0.4, 0.5) is 0 Å². The van der Waals surface area contributed by atoms with Crippen molar-refractivity contribution in [2.75, 3.05) is 19.6 Å². The van der Waals surface area contributed by atoms with E-state index in [1.807, 2.05) is 42.5 Å². The molecule has 1 N–H and O–H groups in total. The van der Waals surface area contributed by atoms with Crippen LogP contribution in [0.15, 0.2) is 53.1 Å². The number of rotatable bonds is 7. The van der Waals surface area contributed by atoms with Crippen molar-refractivity contribution in [3.63, 3.8) is 0 Å². The van der Waals surface area contributed by atoms with Gasteiger partial charge in [-0.25, -0.2) is 0 Å². The number of nitrogens with one attached hydrogen (secondary N) is 1. The Hall–Kier alpha value is -2.66. The molecule has 1 aromatic heterocycles. The monoisotopic (exact) mass is 351 g/mol. The van der Waals surface area contributed by atoms with E-state index in [4.69, 9.17) is 4.52 Å². The molecule has 5 nitrogen and oxygen atoms in total. The van der Waals surface area contributed by atoms with Gasteiger partial charge in [0, 0.05) is 30.3 Å². The van der Waals surface area contributed by atoms with Crippen LogP contribution in [0.1, 0.15) is 31.1 Å². The van der Waals surface area contributed by atoms with E-state index in [-0.39, 0.29) is 5.91 Å². The smallest absolute Gasteiger partial charge is 0.251 e. The lowest BCUT2D eigenvalue weighted by Crippen LogP contribution is -2.38. The third kappa shape index (κ3) is 3.94. The molecule has 0 saturated carbocycles. The van der Waals surface area contributed by atoms with Gasteiger partial charge < -0.3 is 9.84 Å². The Kier molecular flexibility index (Phi) is 5.68. The molecule has 0 aliphatic heterocycles. The molecule has 0 saturated heterocycles. The van der Waals surface area contributed by atoms with Gasteiger partial charge in [-0.15, -0.1) is 0 Å². The lowest BCUT2D eigenvalue weighted by molar-refractivity contribution is 0.0946. The third-order valence-corrected chi connectivity index (χ3v) is 4.60. The summed E-state index contributed by atoms with van der Waals surface area (Å²) < 4.78 is 5.50. The van der Waals surface area contributed by atoms with E-state index in [1.165, 1.54) is 0 Å². The molecule has 0 radical (unpaired) electrons. The van der Waals surface area contributed by atoms with Gasteiger partial charge in [0.2, 0.25) is 0 Å². The fourth-order valence-electron chi connectivity index (χ4n) is 3.08. The van der Waals surface area contributed by atoms with Gasteiger partial charge in [-0.05, 0) is 38.6 Å². The molecular formula is C21H25N3O2. The molecule has 0 aliphatic rings. The highest BCUT2D eigenvalue weighted by atomic mass is 16.5. The molecule has 5 heteroatoms. The number of hydrogen-bond donors (Lipinski definition) is 1. The normalized spacial score (nSPS) is 11.4. The van der Waals surface area contributed by atoms with Crippen molar-refractivity contribution < 1.29 is 9.32 Å². The second-order valence-corrected chi connectivity index (χ2v) is 6.59. The Bertz CT molecular complexity index is 871. The first-order valence-corrected chi connectivity index (χ1v) is 9.07. The first kappa shape index (κ1) is 18.1. The van der Waals surface area contributed by atoms with E-state index in [1.54, 1.807) is 6.07 Å². The fraction of sp³-hybridized carbons (Fsp3) is 0.333. The van der Waals surface area contributed by atoms with Crippen LogP contribution < -0.4 is 5.32 Å². The second-order valence-electron chi connectivity index (χ2n) is 6.59. The van der Waals surface area contributed by atoms with Crippen molar-refractivity contribution in [2.24, 2.45) is 0 Å². The topological polar surface area (TPSA) is 58.4 Å². The van der Waals surface area contributed by atoms with Crippen molar-refractivity contribution in [2.45, 2.75) is 26.8 Å². The molecule has 26 heavy (non-hydrogen) atoms. The van der Waals surface area contributed by atoms with Crippen LogP contribution in [0.3, 0.4) is 0 Å². The Morgan fingerprint density at radius 3 is 2.65 bits per heavy atom. The predicted molar refractivity (Wildman–Crippen MR) is 104 cm³/mol. The van der Waals surface area contributed by atoms with Gasteiger partial charge in [0.1, 0.15) is 5.52 Å². The molecule has 3 rings (SSSR count). The summed E-state index contributed by atoms with van der Waals surface area (Å²) in [6, 6.07) is 15.7. The molecule has 0 unspecified atom stereocenters. The maximum absolute atomic E-state index is 12.5. The van der Waals surface area contributed by atoms with Crippen LogP contribution in [0, 0.1) is 0 Å². The molecule has 0 bridgehead atoms. The summed E-state index contributed by atoms with van der Waals surface area (Å²) in [7, 11) is 0. The maximum Gasteiger partial charge on any atom is 0.251 e. The molecule has 1 amide bonds.